The van der Waals surface area contributed by atoms with Gasteiger partial charge in [-0.3, -0.25) is 23.9 Å². The van der Waals surface area contributed by atoms with E-state index in [2.05, 4.69) is 25.9 Å². The number of aromatic nitrogens is 2. The van der Waals surface area contributed by atoms with Crippen molar-refractivity contribution in [3.05, 3.63) is 59.2 Å². The molecular formula is C32H42F3N7O4. The molecule has 2 aliphatic rings. The molecule has 3 N–H and O–H groups in total. The van der Waals surface area contributed by atoms with Gasteiger partial charge in [-0.25, -0.2) is 4.39 Å². The van der Waals surface area contributed by atoms with Gasteiger partial charge < -0.3 is 25.8 Å². The van der Waals surface area contributed by atoms with Gasteiger partial charge in [0.1, 0.15) is 23.6 Å². The normalized spacial score (nSPS) is 18.9. The van der Waals surface area contributed by atoms with E-state index in [4.69, 9.17) is 0 Å². The molecule has 1 aromatic heterocycles. The van der Waals surface area contributed by atoms with Crippen LogP contribution in [0.2, 0.25) is 0 Å². The number of benzene rings is 1. The monoisotopic (exact) mass is 645 g/mol. The van der Waals surface area contributed by atoms with E-state index in [9.17, 15) is 28.0 Å². The highest BCUT2D eigenvalue weighted by atomic mass is 19.3. The first-order valence-electron chi connectivity index (χ1n) is 15.7. The molecule has 1 aliphatic carbocycles. The molecule has 1 aromatic carbocycles. The van der Waals surface area contributed by atoms with Crippen molar-refractivity contribution in [1.82, 2.24) is 30.2 Å². The predicted molar refractivity (Wildman–Crippen MR) is 165 cm³/mol. The minimum atomic E-state index is -1.80. The van der Waals surface area contributed by atoms with E-state index < -0.39 is 47.6 Å². The van der Waals surface area contributed by atoms with Gasteiger partial charge in [0.2, 0.25) is 17.7 Å². The van der Waals surface area contributed by atoms with Gasteiger partial charge in [-0.05, 0) is 68.5 Å². The molecule has 1 aliphatic heterocycles. The third-order valence-corrected chi connectivity index (χ3v) is 8.88. The Hall–Kier alpha value is -4.20. The third kappa shape index (κ3) is 8.14. The Bertz CT molecular complexity index is 1470. The van der Waals surface area contributed by atoms with Crippen LogP contribution in [0.4, 0.5) is 18.9 Å². The molecule has 250 valence electrons. The lowest BCUT2D eigenvalue weighted by Crippen LogP contribution is -2.55. The number of aryl methyl sites for hydroxylation is 1. The van der Waals surface area contributed by atoms with E-state index >= 15 is 4.39 Å². The third-order valence-electron chi connectivity index (χ3n) is 8.88. The fourth-order valence-corrected chi connectivity index (χ4v) is 5.95. The molecule has 1 saturated heterocycles. The summed E-state index contributed by atoms with van der Waals surface area (Å²) in [5, 5.41) is 12.0. The molecule has 4 rings (SSSR count). The Balaban J connectivity index is 1.54. The number of allylic oxidation sites excluding steroid dienone is 1. The van der Waals surface area contributed by atoms with Gasteiger partial charge in [-0.15, -0.1) is 0 Å². The average molecular weight is 646 g/mol. The molecule has 14 heteroatoms. The van der Waals surface area contributed by atoms with Crippen LogP contribution in [0.25, 0.3) is 0 Å². The number of hydrogen-bond acceptors (Lipinski definition) is 6. The molecule has 2 aromatic rings. The molecular weight excluding hydrogens is 603 g/mol. The molecule has 46 heavy (non-hydrogen) atoms. The predicted octanol–water partition coefficient (Wildman–Crippen LogP) is 3.50. The Kier molecular flexibility index (Phi) is 11.6. The van der Waals surface area contributed by atoms with Crippen LogP contribution in [-0.2, 0) is 20.9 Å². The van der Waals surface area contributed by atoms with E-state index in [0.717, 1.165) is 0 Å². The van der Waals surface area contributed by atoms with Crippen LogP contribution < -0.4 is 16.0 Å². The van der Waals surface area contributed by atoms with Gasteiger partial charge in [0.15, 0.2) is 0 Å². The van der Waals surface area contributed by atoms with Crippen molar-refractivity contribution in [3.63, 3.8) is 0 Å². The number of amides is 4. The SMILES string of the molecule is CCC(=O)N[C@@H](C(=O)N1CCN(C)CC1)[C@@H](C)c1ccc(NC(=O)[C@@H](NC(=O)c2ccnn2CC)C2CCC(=C(F)F)C2)c(F)c1. The Morgan fingerprint density at radius 2 is 1.76 bits per heavy atom. The van der Waals surface area contributed by atoms with Crippen LogP contribution in [-0.4, -0.2) is 88.5 Å². The van der Waals surface area contributed by atoms with Gasteiger partial charge in [0.05, 0.1) is 5.69 Å². The maximum Gasteiger partial charge on any atom is 0.270 e. The highest BCUT2D eigenvalue weighted by Gasteiger charge is 2.37. The molecule has 1 saturated carbocycles. The van der Waals surface area contributed by atoms with Crippen molar-refractivity contribution in [2.45, 2.75) is 71.0 Å². The minimum Gasteiger partial charge on any atom is -0.344 e. The number of piperazine rings is 1. The number of hydrogen-bond donors (Lipinski definition) is 3. The van der Waals surface area contributed by atoms with Crippen LogP contribution in [0.15, 0.2) is 42.1 Å². The molecule has 2 heterocycles. The number of likely N-dealkylation sites (N-methyl/N-ethyl adjacent to an activating group) is 1. The highest BCUT2D eigenvalue weighted by Crippen LogP contribution is 2.36. The summed E-state index contributed by atoms with van der Waals surface area (Å²) < 4.78 is 43.7. The molecule has 0 spiro atoms. The lowest BCUT2D eigenvalue weighted by molar-refractivity contribution is -0.138. The number of nitrogens with one attached hydrogen (secondary N) is 3. The van der Waals surface area contributed by atoms with Gasteiger partial charge in [-0.1, -0.05) is 19.9 Å². The van der Waals surface area contributed by atoms with E-state index in [1.165, 1.54) is 29.1 Å². The lowest BCUT2D eigenvalue weighted by atomic mass is 9.91. The summed E-state index contributed by atoms with van der Waals surface area (Å²) in [5.41, 5.74) is 0.381. The van der Waals surface area contributed by atoms with E-state index in [0.29, 0.717) is 38.3 Å². The largest absolute Gasteiger partial charge is 0.344 e. The van der Waals surface area contributed by atoms with Gasteiger partial charge >= 0.3 is 0 Å². The van der Waals surface area contributed by atoms with Gasteiger partial charge in [-0.2, -0.15) is 13.9 Å². The standard InChI is InChI=1S/C32H42F3N7O4/c1-5-26(43)38-27(32(46)41-15-13-40(4)14-16-41)19(3)20-9-10-24(23(33)18-20)37-31(45)28(21-7-8-22(17-21)29(34)35)39-30(44)25-11-12-36-42(25)6-2/h9-12,18-19,21,27-28H,5-8,13-17H2,1-4H3,(H,37,45)(H,38,43)(H,39,44)/t19-,21?,27+,28-/m0/s1. The zero-order valence-corrected chi connectivity index (χ0v) is 26.6. The number of rotatable bonds is 11. The van der Waals surface area contributed by atoms with Crippen molar-refractivity contribution in [3.8, 4) is 0 Å². The van der Waals surface area contributed by atoms with Crippen molar-refractivity contribution in [2.75, 3.05) is 38.5 Å². The van der Waals surface area contributed by atoms with Crippen molar-refractivity contribution < 1.29 is 32.3 Å². The maximum atomic E-state index is 15.5. The van der Waals surface area contributed by atoms with E-state index in [-0.39, 0.29) is 54.5 Å². The second-order valence-electron chi connectivity index (χ2n) is 11.9. The molecule has 0 radical (unpaired) electrons. The van der Waals surface area contributed by atoms with Crippen molar-refractivity contribution >= 4 is 29.3 Å². The summed E-state index contributed by atoms with van der Waals surface area (Å²) in [6, 6.07) is 3.45. The van der Waals surface area contributed by atoms with Crippen LogP contribution in [0.1, 0.15) is 68.4 Å². The zero-order chi connectivity index (χ0) is 33.5. The van der Waals surface area contributed by atoms with Gasteiger partial charge in [0.25, 0.3) is 12.0 Å². The van der Waals surface area contributed by atoms with E-state index in [1.807, 2.05) is 7.05 Å². The first-order chi connectivity index (χ1) is 21.9. The summed E-state index contributed by atoms with van der Waals surface area (Å²) in [5.74, 6) is -3.94. The quantitative estimate of drug-likeness (QED) is 0.343. The van der Waals surface area contributed by atoms with Crippen LogP contribution in [0, 0.1) is 11.7 Å². The van der Waals surface area contributed by atoms with Crippen LogP contribution in [0.3, 0.4) is 0 Å². The topological polar surface area (TPSA) is 129 Å². The maximum absolute atomic E-state index is 15.5. The minimum absolute atomic E-state index is 0.0731. The zero-order valence-electron chi connectivity index (χ0n) is 26.6. The lowest BCUT2D eigenvalue weighted by Gasteiger charge is -2.36. The smallest absolute Gasteiger partial charge is 0.270 e. The Morgan fingerprint density at radius 1 is 1.04 bits per heavy atom. The summed E-state index contributed by atoms with van der Waals surface area (Å²) in [6.45, 7) is 8.01. The molecule has 4 atom stereocenters. The molecule has 2 fully saturated rings. The van der Waals surface area contributed by atoms with Crippen molar-refractivity contribution in [1.29, 1.82) is 0 Å². The fourth-order valence-electron chi connectivity index (χ4n) is 5.95. The summed E-state index contributed by atoms with van der Waals surface area (Å²) >= 11 is 0. The first-order valence-corrected chi connectivity index (χ1v) is 15.7. The molecule has 4 amide bonds. The Labute approximate surface area is 266 Å². The molecule has 0 bridgehead atoms. The first kappa shape index (κ1) is 34.7. The van der Waals surface area contributed by atoms with Crippen LogP contribution in [0.5, 0.6) is 0 Å². The summed E-state index contributed by atoms with van der Waals surface area (Å²) in [4.78, 5) is 56.3. The number of anilines is 1. The molecule has 11 nitrogen and oxygen atoms in total. The van der Waals surface area contributed by atoms with Crippen molar-refractivity contribution in [2.24, 2.45) is 5.92 Å². The second-order valence-corrected chi connectivity index (χ2v) is 11.9. The second kappa shape index (κ2) is 15.4. The van der Waals surface area contributed by atoms with Gasteiger partial charge in [0, 0.05) is 51.3 Å². The van der Waals surface area contributed by atoms with Crippen LogP contribution >= 0.6 is 0 Å². The number of carbonyl (C=O) groups is 4. The number of halogens is 3. The summed E-state index contributed by atoms with van der Waals surface area (Å²) in [6.07, 6.45) is 0.0581. The van der Waals surface area contributed by atoms with E-state index in [1.54, 1.807) is 31.7 Å². The summed E-state index contributed by atoms with van der Waals surface area (Å²) in [7, 11) is 1.97. The fraction of sp³-hybridized carbons (Fsp3) is 0.531. The highest BCUT2D eigenvalue weighted by molar-refractivity contribution is 6.01. The Morgan fingerprint density at radius 3 is 2.37 bits per heavy atom. The average Bonchev–Trinajstić information content (AvgIpc) is 3.73. The number of nitrogens with zero attached hydrogens (tertiary/aromatic N) is 4. The molecule has 1 unspecified atom stereocenters. The number of carbonyl (C=O) groups excluding carboxylic acids is 4.